The van der Waals surface area contributed by atoms with Crippen molar-refractivity contribution in [2.45, 2.75) is 20.0 Å². The summed E-state index contributed by atoms with van der Waals surface area (Å²) in [6.45, 7) is 2.45. The second-order valence-corrected chi connectivity index (χ2v) is 5.06. The lowest BCUT2D eigenvalue weighted by atomic mass is 10.3. The molecule has 0 amide bonds. The molecule has 0 aliphatic rings. The largest absolute Gasteiger partial charge is 0.486 e. The van der Waals surface area contributed by atoms with E-state index in [0.717, 1.165) is 33.7 Å². The highest BCUT2D eigenvalue weighted by atomic mass is 32.1. The second-order valence-electron chi connectivity index (χ2n) is 4.02. The summed E-state index contributed by atoms with van der Waals surface area (Å²) in [6, 6.07) is 7.30. The van der Waals surface area contributed by atoms with Crippen LogP contribution in [0, 0.1) is 0 Å². The lowest BCUT2D eigenvalue weighted by molar-refractivity contribution is 0.304. The number of anilines is 1. The van der Waals surface area contributed by atoms with Crippen LogP contribution in [0.1, 0.15) is 17.8 Å². The van der Waals surface area contributed by atoms with Crippen LogP contribution in [0.4, 0.5) is 5.69 Å². The van der Waals surface area contributed by atoms with Gasteiger partial charge in [-0.1, -0.05) is 18.3 Å². The quantitative estimate of drug-likeness (QED) is 0.736. The van der Waals surface area contributed by atoms with Crippen molar-refractivity contribution < 1.29 is 4.74 Å². The standard InChI is InChI=1S/C12H13N5OS/c1-2-10-14-15-12-17(10)16-11(19-12)7-18-9-5-3-8(13)4-6-9/h3-6H,2,7,13H2,1H3. The summed E-state index contributed by atoms with van der Waals surface area (Å²) in [5.41, 5.74) is 6.34. The Kier molecular flexibility index (Phi) is 3.04. The molecule has 98 valence electrons. The number of nitrogens with two attached hydrogens (primary N) is 1. The number of rotatable bonds is 4. The highest BCUT2D eigenvalue weighted by Crippen LogP contribution is 2.18. The SMILES string of the molecule is CCc1nnc2sc(COc3ccc(N)cc3)nn12. The Morgan fingerprint density at radius 3 is 2.79 bits per heavy atom. The Labute approximate surface area is 113 Å². The third-order valence-corrected chi connectivity index (χ3v) is 3.53. The van der Waals surface area contributed by atoms with Crippen molar-refractivity contribution in [2.24, 2.45) is 0 Å². The fourth-order valence-electron chi connectivity index (χ4n) is 1.69. The van der Waals surface area contributed by atoms with Crippen molar-refractivity contribution in [1.29, 1.82) is 0 Å². The zero-order valence-electron chi connectivity index (χ0n) is 10.4. The number of benzene rings is 1. The number of aromatic nitrogens is 4. The first-order chi connectivity index (χ1) is 9.26. The molecule has 0 aliphatic heterocycles. The maximum Gasteiger partial charge on any atom is 0.234 e. The van der Waals surface area contributed by atoms with E-state index in [1.54, 1.807) is 4.52 Å². The molecule has 0 unspecified atom stereocenters. The molecule has 3 rings (SSSR count). The van der Waals surface area contributed by atoms with Crippen LogP contribution in [-0.2, 0) is 13.0 Å². The van der Waals surface area contributed by atoms with E-state index in [2.05, 4.69) is 15.3 Å². The summed E-state index contributed by atoms with van der Waals surface area (Å²) in [7, 11) is 0. The molecule has 0 radical (unpaired) electrons. The van der Waals surface area contributed by atoms with E-state index in [1.165, 1.54) is 11.3 Å². The molecule has 0 saturated heterocycles. The molecule has 2 N–H and O–H groups in total. The summed E-state index contributed by atoms with van der Waals surface area (Å²) in [4.78, 5) is 0.799. The van der Waals surface area contributed by atoms with Gasteiger partial charge in [-0.2, -0.15) is 9.61 Å². The van der Waals surface area contributed by atoms with Gasteiger partial charge in [-0.05, 0) is 24.3 Å². The van der Waals surface area contributed by atoms with Crippen LogP contribution >= 0.6 is 11.3 Å². The molecular weight excluding hydrogens is 262 g/mol. The molecular formula is C12H13N5OS. The van der Waals surface area contributed by atoms with Crippen LogP contribution in [0.2, 0.25) is 0 Å². The van der Waals surface area contributed by atoms with Gasteiger partial charge in [0.05, 0.1) is 0 Å². The Bertz CT molecular complexity index is 688. The van der Waals surface area contributed by atoms with Gasteiger partial charge in [0.2, 0.25) is 4.96 Å². The zero-order valence-corrected chi connectivity index (χ0v) is 11.2. The minimum Gasteiger partial charge on any atom is -0.486 e. The van der Waals surface area contributed by atoms with Gasteiger partial charge in [0.25, 0.3) is 0 Å². The van der Waals surface area contributed by atoms with Crippen molar-refractivity contribution in [1.82, 2.24) is 19.8 Å². The zero-order chi connectivity index (χ0) is 13.2. The third-order valence-electron chi connectivity index (χ3n) is 2.66. The predicted octanol–water partition coefficient (Wildman–Crippen LogP) is 1.91. The van der Waals surface area contributed by atoms with E-state index in [0.29, 0.717) is 6.61 Å². The summed E-state index contributed by atoms with van der Waals surface area (Å²) < 4.78 is 7.42. The number of aryl methyl sites for hydroxylation is 1. The Balaban J connectivity index is 1.74. The molecule has 2 heterocycles. The first-order valence-corrected chi connectivity index (χ1v) is 6.76. The highest BCUT2D eigenvalue weighted by molar-refractivity contribution is 7.16. The summed E-state index contributed by atoms with van der Waals surface area (Å²) in [5.74, 6) is 1.64. The molecule has 0 bridgehead atoms. The molecule has 2 aromatic heterocycles. The van der Waals surface area contributed by atoms with Gasteiger partial charge in [0, 0.05) is 12.1 Å². The number of ether oxygens (including phenoxy) is 1. The summed E-state index contributed by atoms with van der Waals surface area (Å²) in [5, 5.41) is 13.4. The maximum absolute atomic E-state index is 5.65. The fourth-order valence-corrected chi connectivity index (χ4v) is 2.45. The van der Waals surface area contributed by atoms with Crippen molar-refractivity contribution in [3.63, 3.8) is 0 Å². The molecule has 0 spiro atoms. The van der Waals surface area contributed by atoms with Crippen LogP contribution in [0.25, 0.3) is 4.96 Å². The van der Waals surface area contributed by atoms with E-state index in [9.17, 15) is 0 Å². The minimum absolute atomic E-state index is 0.418. The van der Waals surface area contributed by atoms with Crippen LogP contribution in [0.3, 0.4) is 0 Å². The Morgan fingerprint density at radius 1 is 1.26 bits per heavy atom. The molecule has 6 nitrogen and oxygen atoms in total. The average molecular weight is 275 g/mol. The van der Waals surface area contributed by atoms with E-state index < -0.39 is 0 Å². The lowest BCUT2D eigenvalue weighted by Gasteiger charge is -2.03. The lowest BCUT2D eigenvalue weighted by Crippen LogP contribution is -1.98. The van der Waals surface area contributed by atoms with Gasteiger partial charge < -0.3 is 10.5 Å². The fraction of sp³-hybridized carbons (Fsp3) is 0.250. The van der Waals surface area contributed by atoms with Crippen LogP contribution < -0.4 is 10.5 Å². The average Bonchev–Trinajstić information content (AvgIpc) is 2.97. The Hall–Kier alpha value is -2.15. The molecule has 0 fully saturated rings. The molecule has 0 atom stereocenters. The van der Waals surface area contributed by atoms with Crippen molar-refractivity contribution in [2.75, 3.05) is 5.73 Å². The number of nitrogen functional groups attached to an aromatic ring is 1. The van der Waals surface area contributed by atoms with Gasteiger partial charge in [0.15, 0.2) is 10.8 Å². The number of nitrogens with zero attached hydrogens (tertiary/aromatic N) is 4. The monoisotopic (exact) mass is 275 g/mol. The van der Waals surface area contributed by atoms with Crippen LogP contribution in [-0.4, -0.2) is 19.8 Å². The summed E-state index contributed by atoms with van der Waals surface area (Å²) >= 11 is 1.48. The molecule has 7 heteroatoms. The van der Waals surface area contributed by atoms with Crippen LogP contribution in [0.5, 0.6) is 5.75 Å². The van der Waals surface area contributed by atoms with Crippen molar-refractivity contribution >= 4 is 22.0 Å². The van der Waals surface area contributed by atoms with Gasteiger partial charge in [-0.25, -0.2) is 0 Å². The third kappa shape index (κ3) is 2.37. The second kappa shape index (κ2) is 4.85. The van der Waals surface area contributed by atoms with Gasteiger partial charge in [0.1, 0.15) is 12.4 Å². The first-order valence-electron chi connectivity index (χ1n) is 5.94. The van der Waals surface area contributed by atoms with E-state index in [1.807, 2.05) is 31.2 Å². The molecule has 0 saturated carbocycles. The molecule has 19 heavy (non-hydrogen) atoms. The van der Waals surface area contributed by atoms with Crippen LogP contribution in [0.15, 0.2) is 24.3 Å². The van der Waals surface area contributed by atoms with E-state index in [-0.39, 0.29) is 0 Å². The van der Waals surface area contributed by atoms with Crippen molar-refractivity contribution in [3.8, 4) is 5.75 Å². The molecule has 0 aliphatic carbocycles. The minimum atomic E-state index is 0.418. The van der Waals surface area contributed by atoms with E-state index in [4.69, 9.17) is 10.5 Å². The van der Waals surface area contributed by atoms with Gasteiger partial charge in [-0.3, -0.25) is 0 Å². The maximum atomic E-state index is 5.65. The molecule has 3 aromatic rings. The van der Waals surface area contributed by atoms with Gasteiger partial charge in [-0.15, -0.1) is 10.2 Å². The highest BCUT2D eigenvalue weighted by Gasteiger charge is 2.10. The van der Waals surface area contributed by atoms with Crippen molar-refractivity contribution in [3.05, 3.63) is 35.1 Å². The van der Waals surface area contributed by atoms with Gasteiger partial charge >= 0.3 is 0 Å². The first kappa shape index (κ1) is 11.9. The topological polar surface area (TPSA) is 78.3 Å². The smallest absolute Gasteiger partial charge is 0.234 e. The number of hydrogen-bond donors (Lipinski definition) is 1. The number of hydrogen-bond acceptors (Lipinski definition) is 6. The molecule has 1 aromatic carbocycles. The Morgan fingerprint density at radius 2 is 2.05 bits per heavy atom. The normalized spacial score (nSPS) is 11.0. The predicted molar refractivity (Wildman–Crippen MR) is 73.2 cm³/mol. The number of fused-ring (bicyclic) bond motifs is 1. The summed E-state index contributed by atoms with van der Waals surface area (Å²) in [6.07, 6.45) is 0.809. The van der Waals surface area contributed by atoms with E-state index >= 15 is 0 Å².